The molecule has 0 aliphatic carbocycles. The van der Waals surface area contributed by atoms with E-state index in [0.717, 1.165) is 5.57 Å². The second-order valence-electron chi connectivity index (χ2n) is 5.59. The highest BCUT2D eigenvalue weighted by atomic mass is 14.2. The van der Waals surface area contributed by atoms with Gasteiger partial charge in [-0.25, -0.2) is 0 Å². The van der Waals surface area contributed by atoms with Gasteiger partial charge >= 0.3 is 0 Å². The highest BCUT2D eigenvalue weighted by molar-refractivity contribution is 6.14. The molecule has 0 atom stereocenters. The lowest BCUT2D eigenvalue weighted by atomic mass is 9.88. The third kappa shape index (κ3) is 2.08. The quantitative estimate of drug-likeness (QED) is 0.575. The van der Waals surface area contributed by atoms with Crippen LogP contribution in [0, 0.1) is 0 Å². The van der Waals surface area contributed by atoms with E-state index in [0.29, 0.717) is 0 Å². The van der Waals surface area contributed by atoms with Gasteiger partial charge in [-0.3, -0.25) is 0 Å². The van der Waals surface area contributed by atoms with Crippen molar-refractivity contribution in [3.8, 4) is 0 Å². The van der Waals surface area contributed by atoms with Gasteiger partial charge in [0.2, 0.25) is 0 Å². The van der Waals surface area contributed by atoms with Crippen molar-refractivity contribution >= 4 is 39.3 Å². The van der Waals surface area contributed by atoms with Crippen molar-refractivity contribution in [2.75, 3.05) is 0 Å². The van der Waals surface area contributed by atoms with E-state index in [-0.39, 0.29) is 0 Å². The van der Waals surface area contributed by atoms with Crippen LogP contribution in [-0.2, 0) is 0 Å². The molecule has 0 unspecified atom stereocenters. The van der Waals surface area contributed by atoms with Gasteiger partial charge in [-0.05, 0) is 57.3 Å². The first-order valence-corrected chi connectivity index (χ1v) is 7.57. The lowest BCUT2D eigenvalue weighted by molar-refractivity contribution is 1.54. The average molecular weight is 284 g/mol. The summed E-state index contributed by atoms with van der Waals surface area (Å²) in [6, 6.07) is 13.0. The van der Waals surface area contributed by atoms with Crippen molar-refractivity contribution in [2.45, 2.75) is 13.8 Å². The Morgan fingerprint density at radius 1 is 1.05 bits per heavy atom. The summed E-state index contributed by atoms with van der Waals surface area (Å²) in [6.45, 7) is 12.2. The molecule has 0 aliphatic rings. The fourth-order valence-electron chi connectivity index (χ4n) is 3.29. The molecule has 0 heterocycles. The molecule has 0 fully saturated rings. The molecule has 0 aromatic heterocycles. The van der Waals surface area contributed by atoms with E-state index in [1.165, 1.54) is 37.9 Å². The van der Waals surface area contributed by atoms with Gasteiger partial charge in [-0.2, -0.15) is 0 Å². The van der Waals surface area contributed by atoms with E-state index < -0.39 is 0 Å². The van der Waals surface area contributed by atoms with Crippen LogP contribution in [0.4, 0.5) is 0 Å². The van der Waals surface area contributed by atoms with E-state index in [9.17, 15) is 0 Å². The molecule has 22 heavy (non-hydrogen) atoms. The van der Waals surface area contributed by atoms with E-state index in [2.05, 4.69) is 81.6 Å². The fourth-order valence-corrected chi connectivity index (χ4v) is 3.29. The van der Waals surface area contributed by atoms with E-state index in [1.807, 2.05) is 6.08 Å². The van der Waals surface area contributed by atoms with Gasteiger partial charge in [0.05, 0.1) is 0 Å². The van der Waals surface area contributed by atoms with Crippen molar-refractivity contribution in [3.63, 3.8) is 0 Å². The molecule has 0 saturated carbocycles. The average Bonchev–Trinajstić information content (AvgIpc) is 2.51. The van der Waals surface area contributed by atoms with Crippen molar-refractivity contribution in [1.82, 2.24) is 0 Å². The van der Waals surface area contributed by atoms with Crippen LogP contribution in [0.5, 0.6) is 0 Å². The molecule has 0 N–H and O–H groups in total. The summed E-state index contributed by atoms with van der Waals surface area (Å²) < 4.78 is 0. The second kappa shape index (κ2) is 5.65. The van der Waals surface area contributed by atoms with Crippen molar-refractivity contribution in [2.24, 2.45) is 0 Å². The number of benzene rings is 3. The topological polar surface area (TPSA) is 0 Å². The summed E-state index contributed by atoms with van der Waals surface area (Å²) in [4.78, 5) is 0. The molecule has 108 valence electrons. The Kier molecular flexibility index (Phi) is 3.68. The minimum atomic E-state index is 1.08. The lowest BCUT2D eigenvalue weighted by Gasteiger charge is -2.16. The molecule has 3 aromatic carbocycles. The third-order valence-electron chi connectivity index (χ3n) is 4.07. The Labute approximate surface area is 131 Å². The van der Waals surface area contributed by atoms with Crippen LogP contribution in [0.1, 0.15) is 25.0 Å². The molecular weight excluding hydrogens is 264 g/mol. The Hall–Kier alpha value is -2.60. The minimum absolute atomic E-state index is 1.08. The maximum absolute atomic E-state index is 4.21. The van der Waals surface area contributed by atoms with Gasteiger partial charge in [0.15, 0.2) is 0 Å². The second-order valence-corrected chi connectivity index (χ2v) is 5.59. The first-order chi connectivity index (χ1) is 10.7. The van der Waals surface area contributed by atoms with Gasteiger partial charge in [-0.1, -0.05) is 73.9 Å². The monoisotopic (exact) mass is 284 g/mol. The molecule has 0 amide bonds. The lowest BCUT2D eigenvalue weighted by Crippen LogP contribution is -2.12. The van der Waals surface area contributed by atoms with Crippen molar-refractivity contribution in [1.29, 1.82) is 0 Å². The van der Waals surface area contributed by atoms with Gasteiger partial charge in [0, 0.05) is 0 Å². The predicted octanol–water partition coefficient (Wildman–Crippen LogP) is 5.74. The van der Waals surface area contributed by atoms with Crippen molar-refractivity contribution in [3.05, 3.63) is 78.1 Å². The maximum atomic E-state index is 4.21. The molecule has 3 rings (SSSR count). The largest absolute Gasteiger partial charge is 0.0990 e. The summed E-state index contributed by atoms with van der Waals surface area (Å²) in [5.74, 6) is 0. The summed E-state index contributed by atoms with van der Waals surface area (Å²) in [6.07, 6.45) is 8.23. The van der Waals surface area contributed by atoms with Gasteiger partial charge < -0.3 is 0 Å². The summed E-state index contributed by atoms with van der Waals surface area (Å²) in [5, 5.41) is 6.34. The molecule has 0 spiro atoms. The first-order valence-electron chi connectivity index (χ1n) is 7.57. The van der Waals surface area contributed by atoms with Crippen LogP contribution < -0.4 is 5.22 Å². The zero-order chi connectivity index (χ0) is 15.7. The van der Waals surface area contributed by atoms with E-state index in [1.54, 1.807) is 0 Å². The highest BCUT2D eigenvalue weighted by Gasteiger charge is 2.13. The normalized spacial score (nSPS) is 12.5. The fraction of sp³-hybridized carbons (Fsp3) is 0.0909. The Balaban J connectivity index is 2.74. The number of hydrogen-bond acceptors (Lipinski definition) is 0. The van der Waals surface area contributed by atoms with Crippen LogP contribution in [0.25, 0.3) is 39.3 Å². The smallest absolute Gasteiger partial charge is 0.00264 e. The molecule has 3 aromatic rings. The molecular formula is C22H20. The number of hydrogen-bond donors (Lipinski definition) is 0. The standard InChI is InChI=1S/C22H20/c1-5-9-17-19-13-7-11-16-12-8-14-20(22(16)19)18(10-6-2)21(17)15(3)4/h5-14H,1,3H2,2,4H3/b10-6-,17-9-. The molecule has 0 nitrogen and oxygen atoms in total. The van der Waals surface area contributed by atoms with Crippen molar-refractivity contribution < 1.29 is 0 Å². The molecule has 0 heteroatoms. The molecule has 0 saturated heterocycles. The highest BCUT2D eigenvalue weighted by Crippen LogP contribution is 2.32. The first kappa shape index (κ1) is 14.3. The Morgan fingerprint density at radius 3 is 2.32 bits per heavy atom. The molecule has 0 bridgehead atoms. The maximum Gasteiger partial charge on any atom is -0.00264 e. The zero-order valence-corrected chi connectivity index (χ0v) is 13.2. The zero-order valence-electron chi connectivity index (χ0n) is 13.2. The van der Waals surface area contributed by atoms with Crippen LogP contribution in [0.15, 0.2) is 61.7 Å². The Morgan fingerprint density at radius 2 is 1.73 bits per heavy atom. The van der Waals surface area contributed by atoms with Gasteiger partial charge in [0.1, 0.15) is 0 Å². The van der Waals surface area contributed by atoms with Crippen LogP contribution in [0.3, 0.4) is 0 Å². The SMILES string of the molecule is C=C/C=c1\c(C(=C)C)c(/C=C\C)c2cccc3cccc1c32. The minimum Gasteiger partial charge on any atom is -0.0990 e. The number of rotatable bonds is 3. The molecule has 0 aliphatic heterocycles. The van der Waals surface area contributed by atoms with Crippen LogP contribution in [-0.4, -0.2) is 0 Å². The number of allylic oxidation sites excluding steroid dienone is 3. The van der Waals surface area contributed by atoms with Crippen LogP contribution in [0.2, 0.25) is 0 Å². The van der Waals surface area contributed by atoms with Crippen LogP contribution >= 0.6 is 0 Å². The molecule has 0 radical (unpaired) electrons. The van der Waals surface area contributed by atoms with Gasteiger partial charge in [-0.15, -0.1) is 0 Å². The summed E-state index contributed by atoms with van der Waals surface area (Å²) >= 11 is 0. The van der Waals surface area contributed by atoms with E-state index >= 15 is 0 Å². The summed E-state index contributed by atoms with van der Waals surface area (Å²) in [5.41, 5.74) is 3.53. The van der Waals surface area contributed by atoms with Gasteiger partial charge in [0.25, 0.3) is 0 Å². The summed E-state index contributed by atoms with van der Waals surface area (Å²) in [7, 11) is 0. The Bertz CT molecular complexity index is 963. The predicted molar refractivity (Wildman–Crippen MR) is 101 cm³/mol. The third-order valence-corrected chi connectivity index (χ3v) is 4.07. The van der Waals surface area contributed by atoms with E-state index in [4.69, 9.17) is 0 Å².